The molecule has 0 aromatic carbocycles. The molecule has 1 aliphatic rings. The minimum atomic E-state index is -0.905. The zero-order chi connectivity index (χ0) is 10.7. The van der Waals surface area contributed by atoms with Crippen molar-refractivity contribution in [3.63, 3.8) is 0 Å². The fourth-order valence-electron chi connectivity index (χ4n) is 1.33. The Labute approximate surface area is 84.1 Å². The monoisotopic (exact) mass is 202 g/mol. The first-order chi connectivity index (χ1) is 6.50. The lowest BCUT2D eigenvalue weighted by Gasteiger charge is -2.31. The zero-order valence-corrected chi connectivity index (χ0v) is 8.80. The quantitative estimate of drug-likeness (QED) is 0.697. The van der Waals surface area contributed by atoms with Gasteiger partial charge in [0.2, 0.25) is 0 Å². The molecule has 4 heteroatoms. The SMILES string of the molecule is CC1=CC(O)C(O)C(COC(C)C)O1. The molecule has 1 aliphatic heterocycles. The highest BCUT2D eigenvalue weighted by atomic mass is 16.6. The lowest BCUT2D eigenvalue weighted by molar-refractivity contribution is -0.109. The van der Waals surface area contributed by atoms with Crippen molar-refractivity contribution < 1.29 is 19.7 Å². The Hall–Kier alpha value is -0.580. The summed E-state index contributed by atoms with van der Waals surface area (Å²) < 4.78 is 10.7. The molecule has 0 spiro atoms. The van der Waals surface area contributed by atoms with Crippen LogP contribution < -0.4 is 0 Å². The van der Waals surface area contributed by atoms with Crippen LogP contribution in [0.4, 0.5) is 0 Å². The van der Waals surface area contributed by atoms with E-state index in [1.165, 1.54) is 6.08 Å². The summed E-state index contributed by atoms with van der Waals surface area (Å²) in [5.74, 6) is 0.625. The average Bonchev–Trinajstić information content (AvgIpc) is 2.08. The minimum Gasteiger partial charge on any atom is -0.490 e. The number of rotatable bonds is 3. The maximum Gasteiger partial charge on any atom is 0.150 e. The van der Waals surface area contributed by atoms with Crippen LogP contribution in [0.5, 0.6) is 0 Å². The van der Waals surface area contributed by atoms with Crippen molar-refractivity contribution in [1.82, 2.24) is 0 Å². The van der Waals surface area contributed by atoms with Gasteiger partial charge in [0.25, 0.3) is 0 Å². The van der Waals surface area contributed by atoms with Crippen LogP contribution in [0.15, 0.2) is 11.8 Å². The van der Waals surface area contributed by atoms with Crippen LogP contribution in [0.2, 0.25) is 0 Å². The molecule has 3 unspecified atom stereocenters. The molecule has 0 aliphatic carbocycles. The molecular formula is C10H18O4. The van der Waals surface area contributed by atoms with E-state index in [9.17, 15) is 10.2 Å². The lowest BCUT2D eigenvalue weighted by Crippen LogP contribution is -2.44. The maximum atomic E-state index is 9.57. The standard InChI is InChI=1S/C10H18O4/c1-6(2)13-5-9-10(12)8(11)4-7(3)14-9/h4,6,8-12H,5H2,1-3H3. The Balaban J connectivity index is 2.49. The highest BCUT2D eigenvalue weighted by molar-refractivity contribution is 5.04. The van der Waals surface area contributed by atoms with E-state index in [1.807, 2.05) is 13.8 Å². The van der Waals surface area contributed by atoms with Crippen LogP contribution in [0.25, 0.3) is 0 Å². The van der Waals surface area contributed by atoms with Gasteiger partial charge in [0.05, 0.1) is 18.5 Å². The molecule has 4 nitrogen and oxygen atoms in total. The molecule has 82 valence electrons. The number of hydrogen-bond acceptors (Lipinski definition) is 4. The number of allylic oxidation sites excluding steroid dienone is 1. The summed E-state index contributed by atoms with van der Waals surface area (Å²) >= 11 is 0. The second-order valence-electron chi connectivity index (χ2n) is 3.80. The molecule has 1 heterocycles. The second kappa shape index (κ2) is 4.77. The van der Waals surface area contributed by atoms with Crippen LogP contribution in [0.3, 0.4) is 0 Å². The van der Waals surface area contributed by atoms with E-state index in [0.29, 0.717) is 12.4 Å². The normalized spacial score (nSPS) is 32.7. The summed E-state index contributed by atoms with van der Waals surface area (Å²) in [4.78, 5) is 0. The smallest absolute Gasteiger partial charge is 0.150 e. The Morgan fingerprint density at radius 2 is 2.14 bits per heavy atom. The molecule has 14 heavy (non-hydrogen) atoms. The molecule has 0 aromatic heterocycles. The number of ether oxygens (including phenoxy) is 2. The second-order valence-corrected chi connectivity index (χ2v) is 3.80. The van der Waals surface area contributed by atoms with E-state index in [2.05, 4.69) is 0 Å². The first-order valence-corrected chi connectivity index (χ1v) is 4.83. The number of hydrogen-bond donors (Lipinski definition) is 2. The minimum absolute atomic E-state index is 0.0918. The summed E-state index contributed by atoms with van der Waals surface area (Å²) in [6.45, 7) is 5.86. The van der Waals surface area contributed by atoms with Crippen molar-refractivity contribution in [1.29, 1.82) is 0 Å². The van der Waals surface area contributed by atoms with E-state index >= 15 is 0 Å². The Kier molecular flexibility index (Phi) is 3.92. The number of aliphatic hydroxyl groups excluding tert-OH is 2. The van der Waals surface area contributed by atoms with Gasteiger partial charge in [0.15, 0.2) is 0 Å². The lowest BCUT2D eigenvalue weighted by atomic mass is 10.1. The summed E-state index contributed by atoms with van der Waals surface area (Å²) in [6.07, 6.45) is -0.648. The van der Waals surface area contributed by atoms with Crippen LogP contribution in [0.1, 0.15) is 20.8 Å². The zero-order valence-electron chi connectivity index (χ0n) is 8.80. The van der Waals surface area contributed by atoms with E-state index in [4.69, 9.17) is 9.47 Å². The molecule has 2 N–H and O–H groups in total. The van der Waals surface area contributed by atoms with Crippen molar-refractivity contribution in [2.24, 2.45) is 0 Å². The summed E-state index contributed by atoms with van der Waals surface area (Å²) in [5, 5.41) is 19.0. The maximum absolute atomic E-state index is 9.57. The molecule has 0 fully saturated rings. The van der Waals surface area contributed by atoms with Crippen molar-refractivity contribution >= 4 is 0 Å². The van der Waals surface area contributed by atoms with Gasteiger partial charge in [-0.1, -0.05) is 0 Å². The largest absolute Gasteiger partial charge is 0.490 e. The third-order valence-corrected chi connectivity index (χ3v) is 2.07. The summed E-state index contributed by atoms with van der Waals surface area (Å²) in [7, 11) is 0. The third kappa shape index (κ3) is 2.97. The average molecular weight is 202 g/mol. The Bertz CT molecular complexity index is 212. The summed E-state index contributed by atoms with van der Waals surface area (Å²) in [6, 6.07) is 0. The van der Waals surface area contributed by atoms with Gasteiger partial charge in [-0.05, 0) is 26.8 Å². The van der Waals surface area contributed by atoms with Crippen LogP contribution >= 0.6 is 0 Å². The van der Waals surface area contributed by atoms with Gasteiger partial charge in [-0.2, -0.15) is 0 Å². The van der Waals surface area contributed by atoms with Crippen LogP contribution in [-0.2, 0) is 9.47 Å². The highest BCUT2D eigenvalue weighted by Crippen LogP contribution is 2.18. The highest BCUT2D eigenvalue weighted by Gasteiger charge is 2.31. The van der Waals surface area contributed by atoms with Gasteiger partial charge in [0, 0.05) is 0 Å². The summed E-state index contributed by atoms with van der Waals surface area (Å²) in [5.41, 5.74) is 0. The fourth-order valence-corrected chi connectivity index (χ4v) is 1.33. The fraction of sp³-hybridized carbons (Fsp3) is 0.800. The van der Waals surface area contributed by atoms with Crippen molar-refractivity contribution in [2.75, 3.05) is 6.61 Å². The van der Waals surface area contributed by atoms with Gasteiger partial charge in [-0.15, -0.1) is 0 Å². The van der Waals surface area contributed by atoms with E-state index in [0.717, 1.165) is 0 Å². The Morgan fingerprint density at radius 1 is 1.50 bits per heavy atom. The van der Waals surface area contributed by atoms with Gasteiger partial charge in [-0.3, -0.25) is 0 Å². The molecule has 3 atom stereocenters. The number of aliphatic hydroxyl groups is 2. The van der Waals surface area contributed by atoms with E-state index in [1.54, 1.807) is 6.92 Å². The van der Waals surface area contributed by atoms with Crippen molar-refractivity contribution in [2.45, 2.75) is 45.2 Å². The molecule has 0 saturated carbocycles. The molecular weight excluding hydrogens is 184 g/mol. The van der Waals surface area contributed by atoms with Crippen molar-refractivity contribution in [3.8, 4) is 0 Å². The topological polar surface area (TPSA) is 58.9 Å². The van der Waals surface area contributed by atoms with E-state index < -0.39 is 18.3 Å². The van der Waals surface area contributed by atoms with Crippen LogP contribution in [0, 0.1) is 0 Å². The third-order valence-electron chi connectivity index (χ3n) is 2.07. The van der Waals surface area contributed by atoms with Gasteiger partial charge in [-0.25, -0.2) is 0 Å². The predicted octanol–water partition coefficient (Wildman–Crippen LogP) is 0.436. The van der Waals surface area contributed by atoms with Crippen LogP contribution in [-0.4, -0.2) is 41.2 Å². The molecule has 0 radical (unpaired) electrons. The Morgan fingerprint density at radius 3 is 2.71 bits per heavy atom. The molecule has 0 bridgehead atoms. The van der Waals surface area contributed by atoms with Crippen molar-refractivity contribution in [3.05, 3.63) is 11.8 Å². The van der Waals surface area contributed by atoms with E-state index in [-0.39, 0.29) is 6.10 Å². The van der Waals surface area contributed by atoms with Gasteiger partial charge < -0.3 is 19.7 Å². The molecule has 0 amide bonds. The first-order valence-electron chi connectivity index (χ1n) is 4.83. The first kappa shape index (κ1) is 11.5. The van der Waals surface area contributed by atoms with Gasteiger partial charge >= 0.3 is 0 Å². The molecule has 0 saturated heterocycles. The predicted molar refractivity (Wildman–Crippen MR) is 51.7 cm³/mol. The molecule has 0 aromatic rings. The van der Waals surface area contributed by atoms with Gasteiger partial charge in [0.1, 0.15) is 18.3 Å². The molecule has 1 rings (SSSR count).